The van der Waals surface area contributed by atoms with Crippen molar-refractivity contribution in [2.24, 2.45) is 0 Å². The first-order chi connectivity index (χ1) is 8.84. The van der Waals surface area contributed by atoms with E-state index in [1.54, 1.807) is 0 Å². The molecule has 2 aliphatic heterocycles. The van der Waals surface area contributed by atoms with E-state index in [4.69, 9.17) is 9.47 Å². The zero-order valence-corrected chi connectivity index (χ0v) is 11.0. The van der Waals surface area contributed by atoms with Gasteiger partial charge in [0.2, 0.25) is 0 Å². The van der Waals surface area contributed by atoms with Crippen molar-refractivity contribution < 1.29 is 9.47 Å². The van der Waals surface area contributed by atoms with Gasteiger partial charge in [0.25, 0.3) is 0 Å². The maximum atomic E-state index is 5.70. The third-order valence-electron chi connectivity index (χ3n) is 4.39. The minimum absolute atomic E-state index is 0.321. The van der Waals surface area contributed by atoms with Crippen LogP contribution in [0.25, 0.3) is 0 Å². The van der Waals surface area contributed by atoms with Crippen LogP contribution in [0.2, 0.25) is 0 Å². The third kappa shape index (κ3) is 1.97. The van der Waals surface area contributed by atoms with Crippen LogP contribution in [0.5, 0.6) is 11.5 Å². The molecule has 0 atom stereocenters. The second-order valence-electron chi connectivity index (χ2n) is 5.24. The highest BCUT2D eigenvalue weighted by Crippen LogP contribution is 2.41. The fourth-order valence-corrected chi connectivity index (χ4v) is 3.12. The van der Waals surface area contributed by atoms with Crippen LogP contribution in [0.4, 0.5) is 0 Å². The number of nitrogens with one attached hydrogen (secondary N) is 1. The van der Waals surface area contributed by atoms with E-state index in [1.165, 1.54) is 24.8 Å². The molecule has 0 spiro atoms. The van der Waals surface area contributed by atoms with E-state index >= 15 is 0 Å². The second kappa shape index (κ2) is 4.81. The highest BCUT2D eigenvalue weighted by molar-refractivity contribution is 5.46. The predicted octanol–water partition coefficient (Wildman–Crippen LogP) is 2.49. The van der Waals surface area contributed by atoms with Gasteiger partial charge >= 0.3 is 0 Å². The van der Waals surface area contributed by atoms with Crippen LogP contribution >= 0.6 is 0 Å². The molecule has 2 heterocycles. The Labute approximate surface area is 108 Å². The van der Waals surface area contributed by atoms with Gasteiger partial charge in [-0.2, -0.15) is 0 Å². The molecule has 0 amide bonds. The topological polar surface area (TPSA) is 30.5 Å². The highest BCUT2D eigenvalue weighted by atomic mass is 16.6. The molecule has 0 radical (unpaired) electrons. The van der Waals surface area contributed by atoms with Crippen LogP contribution in [0, 0.1) is 0 Å². The number of hydrogen-bond donors (Lipinski definition) is 1. The summed E-state index contributed by atoms with van der Waals surface area (Å²) in [6.45, 7) is 5.85. The first kappa shape index (κ1) is 11.8. The first-order valence-corrected chi connectivity index (χ1v) is 6.95. The highest BCUT2D eigenvalue weighted by Gasteiger charge is 2.32. The second-order valence-corrected chi connectivity index (χ2v) is 5.24. The molecule has 0 bridgehead atoms. The van der Waals surface area contributed by atoms with Crippen molar-refractivity contribution in [3.05, 3.63) is 23.8 Å². The van der Waals surface area contributed by atoms with E-state index in [1.807, 2.05) is 0 Å². The summed E-state index contributed by atoms with van der Waals surface area (Å²) in [6.07, 6.45) is 3.61. The van der Waals surface area contributed by atoms with E-state index in [2.05, 4.69) is 30.4 Å². The number of ether oxygens (including phenoxy) is 2. The lowest BCUT2D eigenvalue weighted by atomic mass is 9.71. The standard InChI is InChI=1S/C15H21NO2/c1-2-15(5-7-16-8-6-15)12-3-4-13-14(11-12)18-10-9-17-13/h3-4,11,16H,2,5-10H2,1H3. The van der Waals surface area contributed by atoms with Crippen molar-refractivity contribution in [2.45, 2.75) is 31.6 Å². The largest absolute Gasteiger partial charge is 0.486 e. The van der Waals surface area contributed by atoms with Crippen LogP contribution in [0.15, 0.2) is 18.2 Å². The molecule has 1 saturated heterocycles. The van der Waals surface area contributed by atoms with Crippen molar-refractivity contribution in [2.75, 3.05) is 26.3 Å². The van der Waals surface area contributed by atoms with Crippen molar-refractivity contribution in [3.8, 4) is 11.5 Å². The maximum Gasteiger partial charge on any atom is 0.161 e. The van der Waals surface area contributed by atoms with E-state index in [0.29, 0.717) is 18.6 Å². The molecular weight excluding hydrogens is 226 g/mol. The fourth-order valence-electron chi connectivity index (χ4n) is 3.12. The van der Waals surface area contributed by atoms with Gasteiger partial charge in [-0.15, -0.1) is 0 Å². The molecule has 0 aliphatic carbocycles. The summed E-state index contributed by atoms with van der Waals surface area (Å²) in [5.74, 6) is 1.82. The Bertz CT molecular complexity index is 425. The average Bonchev–Trinajstić information content (AvgIpc) is 2.47. The lowest BCUT2D eigenvalue weighted by Crippen LogP contribution is -2.39. The normalized spacial score (nSPS) is 21.6. The monoisotopic (exact) mass is 247 g/mol. The number of hydrogen-bond acceptors (Lipinski definition) is 3. The van der Waals surface area contributed by atoms with Crippen molar-refractivity contribution in [1.29, 1.82) is 0 Å². The SMILES string of the molecule is CCC1(c2ccc3c(c2)OCCO3)CCNCC1. The zero-order valence-electron chi connectivity index (χ0n) is 11.0. The first-order valence-electron chi connectivity index (χ1n) is 6.95. The summed E-state index contributed by atoms with van der Waals surface area (Å²) < 4.78 is 11.3. The molecule has 0 unspecified atom stereocenters. The molecule has 3 heteroatoms. The summed E-state index contributed by atoms with van der Waals surface area (Å²) in [7, 11) is 0. The van der Waals surface area contributed by atoms with Crippen molar-refractivity contribution >= 4 is 0 Å². The molecule has 0 aromatic heterocycles. The molecule has 98 valence electrons. The molecule has 2 aliphatic rings. The summed E-state index contributed by atoms with van der Waals surface area (Å²) in [6, 6.07) is 6.49. The lowest BCUT2D eigenvalue weighted by molar-refractivity contribution is 0.170. The van der Waals surface area contributed by atoms with Gasteiger partial charge in [0.05, 0.1) is 0 Å². The van der Waals surface area contributed by atoms with Gasteiger partial charge in [0, 0.05) is 0 Å². The summed E-state index contributed by atoms with van der Waals surface area (Å²) >= 11 is 0. The Hall–Kier alpha value is -1.22. The van der Waals surface area contributed by atoms with Crippen LogP contribution in [0.3, 0.4) is 0 Å². The Morgan fingerprint density at radius 2 is 1.83 bits per heavy atom. The van der Waals surface area contributed by atoms with Gasteiger partial charge in [-0.1, -0.05) is 13.0 Å². The lowest BCUT2D eigenvalue weighted by Gasteiger charge is -2.38. The van der Waals surface area contributed by atoms with E-state index in [9.17, 15) is 0 Å². The van der Waals surface area contributed by atoms with E-state index < -0.39 is 0 Å². The third-order valence-corrected chi connectivity index (χ3v) is 4.39. The van der Waals surface area contributed by atoms with Crippen LogP contribution in [-0.2, 0) is 5.41 Å². The fraction of sp³-hybridized carbons (Fsp3) is 0.600. The Morgan fingerprint density at radius 1 is 1.11 bits per heavy atom. The number of piperidine rings is 1. The molecule has 1 aromatic carbocycles. The average molecular weight is 247 g/mol. The molecule has 3 nitrogen and oxygen atoms in total. The van der Waals surface area contributed by atoms with Gasteiger partial charge < -0.3 is 14.8 Å². The predicted molar refractivity (Wildman–Crippen MR) is 71.5 cm³/mol. The number of fused-ring (bicyclic) bond motifs is 1. The van der Waals surface area contributed by atoms with E-state index in [-0.39, 0.29) is 0 Å². The molecule has 3 rings (SSSR count). The number of benzene rings is 1. The van der Waals surface area contributed by atoms with Crippen molar-refractivity contribution in [3.63, 3.8) is 0 Å². The minimum atomic E-state index is 0.321. The Morgan fingerprint density at radius 3 is 2.56 bits per heavy atom. The molecule has 1 aromatic rings. The molecule has 1 N–H and O–H groups in total. The van der Waals surface area contributed by atoms with Gasteiger partial charge in [-0.05, 0) is 55.5 Å². The number of rotatable bonds is 2. The summed E-state index contributed by atoms with van der Waals surface area (Å²) in [5.41, 5.74) is 1.73. The minimum Gasteiger partial charge on any atom is -0.486 e. The quantitative estimate of drug-likeness (QED) is 0.871. The zero-order chi connectivity index (χ0) is 12.4. The molecule has 0 saturated carbocycles. The molecular formula is C15H21NO2. The van der Waals surface area contributed by atoms with Gasteiger partial charge in [0.1, 0.15) is 13.2 Å². The van der Waals surface area contributed by atoms with Crippen LogP contribution in [-0.4, -0.2) is 26.3 Å². The van der Waals surface area contributed by atoms with Crippen molar-refractivity contribution in [1.82, 2.24) is 5.32 Å². The van der Waals surface area contributed by atoms with Gasteiger partial charge in [0.15, 0.2) is 11.5 Å². The van der Waals surface area contributed by atoms with Crippen LogP contribution < -0.4 is 14.8 Å². The maximum absolute atomic E-state index is 5.70. The smallest absolute Gasteiger partial charge is 0.161 e. The van der Waals surface area contributed by atoms with Gasteiger partial charge in [-0.3, -0.25) is 0 Å². The van der Waals surface area contributed by atoms with Crippen LogP contribution in [0.1, 0.15) is 31.7 Å². The summed E-state index contributed by atoms with van der Waals surface area (Å²) in [4.78, 5) is 0. The van der Waals surface area contributed by atoms with Gasteiger partial charge in [-0.25, -0.2) is 0 Å². The van der Waals surface area contributed by atoms with E-state index in [0.717, 1.165) is 24.6 Å². The summed E-state index contributed by atoms with van der Waals surface area (Å²) in [5, 5.41) is 3.45. The molecule has 18 heavy (non-hydrogen) atoms. The Balaban J connectivity index is 1.94. The Kier molecular flexibility index (Phi) is 3.16. The molecule has 1 fully saturated rings.